The Bertz CT molecular complexity index is 560. The van der Waals surface area contributed by atoms with Crippen molar-refractivity contribution in [1.29, 1.82) is 0 Å². The number of nitrogens with zero attached hydrogens (tertiary/aromatic N) is 2. The first-order valence-corrected chi connectivity index (χ1v) is 7.15. The molecule has 0 aromatic carbocycles. The molecule has 0 saturated heterocycles. The van der Waals surface area contributed by atoms with Gasteiger partial charge in [0.15, 0.2) is 0 Å². The Morgan fingerprint density at radius 2 is 2.17 bits per heavy atom. The van der Waals surface area contributed by atoms with Gasteiger partial charge in [-0.25, -0.2) is 9.97 Å². The molecule has 3 nitrogen and oxygen atoms in total. The number of hydrogen-bond donors (Lipinski definition) is 0. The van der Waals surface area contributed by atoms with Gasteiger partial charge in [0, 0.05) is 23.1 Å². The number of carbonyl (C=O) groups excluding carboxylic acids is 1. The molecule has 0 spiro atoms. The number of Topliss-reactive ketones (excluding diaryl/α,β-unsaturated/α-hetero) is 1. The lowest BCUT2D eigenvalue weighted by Gasteiger charge is -2.04. The molecule has 2 heterocycles. The van der Waals surface area contributed by atoms with Gasteiger partial charge in [0.25, 0.3) is 0 Å². The molecule has 2 rings (SSSR count). The maximum absolute atomic E-state index is 11.9. The summed E-state index contributed by atoms with van der Waals surface area (Å²) in [4.78, 5) is 22.7. The van der Waals surface area contributed by atoms with E-state index in [0.717, 1.165) is 22.3 Å². The first-order chi connectivity index (χ1) is 8.60. The van der Waals surface area contributed by atoms with E-state index in [9.17, 15) is 4.79 Å². The predicted molar refractivity (Wildman–Crippen MR) is 75.0 cm³/mol. The molecule has 18 heavy (non-hydrogen) atoms. The topological polar surface area (TPSA) is 42.9 Å². The van der Waals surface area contributed by atoms with Crippen LogP contribution in [0.2, 0.25) is 0 Å². The Morgan fingerprint density at radius 1 is 1.39 bits per heavy atom. The highest BCUT2D eigenvalue weighted by Crippen LogP contribution is 2.26. The third-order valence-corrected chi connectivity index (χ3v) is 4.00. The van der Waals surface area contributed by atoms with Crippen molar-refractivity contribution in [3.05, 3.63) is 23.0 Å². The maximum Gasteiger partial charge on any atom is 0.139 e. The fourth-order valence-corrected chi connectivity index (χ4v) is 2.94. The summed E-state index contributed by atoms with van der Waals surface area (Å²) in [6.45, 7) is 6.25. The Hall–Kier alpha value is -1.29. The van der Waals surface area contributed by atoms with Crippen LogP contribution >= 0.6 is 11.3 Å². The van der Waals surface area contributed by atoms with Crippen LogP contribution in [0.25, 0.3) is 10.2 Å². The van der Waals surface area contributed by atoms with E-state index in [-0.39, 0.29) is 5.78 Å². The lowest BCUT2D eigenvalue weighted by molar-refractivity contribution is -0.119. The molecule has 0 saturated carbocycles. The fraction of sp³-hybridized carbons (Fsp3) is 0.500. The second-order valence-corrected chi connectivity index (χ2v) is 6.03. The van der Waals surface area contributed by atoms with Crippen molar-refractivity contribution in [2.45, 2.75) is 40.0 Å². The molecule has 0 bridgehead atoms. The molecule has 4 heteroatoms. The molecule has 0 aliphatic carbocycles. The van der Waals surface area contributed by atoms with Crippen LogP contribution in [0.15, 0.2) is 12.4 Å². The van der Waals surface area contributed by atoms with E-state index in [1.807, 2.05) is 0 Å². The van der Waals surface area contributed by atoms with Crippen LogP contribution < -0.4 is 0 Å². The number of aromatic nitrogens is 2. The Balaban J connectivity index is 2.27. The van der Waals surface area contributed by atoms with Crippen molar-refractivity contribution in [1.82, 2.24) is 9.97 Å². The Morgan fingerprint density at radius 3 is 2.83 bits per heavy atom. The minimum atomic E-state index is 0.259. The summed E-state index contributed by atoms with van der Waals surface area (Å²) in [7, 11) is 0. The van der Waals surface area contributed by atoms with E-state index in [0.29, 0.717) is 18.8 Å². The summed E-state index contributed by atoms with van der Waals surface area (Å²) >= 11 is 1.69. The third kappa shape index (κ3) is 2.93. The maximum atomic E-state index is 11.9. The zero-order valence-corrected chi connectivity index (χ0v) is 11.9. The Labute approximate surface area is 111 Å². The highest BCUT2D eigenvalue weighted by atomic mass is 32.1. The predicted octanol–water partition coefficient (Wildman–Crippen LogP) is 3.41. The van der Waals surface area contributed by atoms with Gasteiger partial charge in [-0.3, -0.25) is 4.79 Å². The van der Waals surface area contributed by atoms with E-state index >= 15 is 0 Å². The number of rotatable bonds is 5. The second-order valence-electron chi connectivity index (χ2n) is 4.92. The zero-order valence-electron chi connectivity index (χ0n) is 11.1. The summed E-state index contributed by atoms with van der Waals surface area (Å²) in [5.41, 5.74) is 0.876. The molecular weight excluding hydrogens is 244 g/mol. The van der Waals surface area contributed by atoms with Crippen LogP contribution in [-0.2, 0) is 17.6 Å². The van der Waals surface area contributed by atoms with Gasteiger partial charge in [0.2, 0.25) is 0 Å². The van der Waals surface area contributed by atoms with Gasteiger partial charge in [0.05, 0.1) is 5.69 Å². The molecule has 96 valence electrons. The molecule has 0 aliphatic heterocycles. The minimum absolute atomic E-state index is 0.259. The van der Waals surface area contributed by atoms with Gasteiger partial charge in [-0.2, -0.15) is 0 Å². The first-order valence-electron chi connectivity index (χ1n) is 6.34. The molecule has 0 aliphatic rings. The van der Waals surface area contributed by atoms with Gasteiger partial charge >= 0.3 is 0 Å². The van der Waals surface area contributed by atoms with Crippen LogP contribution in [0.5, 0.6) is 0 Å². The summed E-state index contributed by atoms with van der Waals surface area (Å²) < 4.78 is 0. The monoisotopic (exact) mass is 262 g/mol. The first kappa shape index (κ1) is 13.1. The molecular formula is C14H18N2OS. The van der Waals surface area contributed by atoms with E-state index in [2.05, 4.69) is 36.8 Å². The van der Waals surface area contributed by atoms with Crippen molar-refractivity contribution >= 4 is 27.3 Å². The third-order valence-electron chi connectivity index (χ3n) is 2.81. The summed E-state index contributed by atoms with van der Waals surface area (Å²) in [5, 5.41) is 1.05. The van der Waals surface area contributed by atoms with Gasteiger partial charge in [-0.1, -0.05) is 20.8 Å². The van der Waals surface area contributed by atoms with Crippen LogP contribution in [0.4, 0.5) is 0 Å². The van der Waals surface area contributed by atoms with Crippen molar-refractivity contribution < 1.29 is 4.79 Å². The lowest BCUT2D eigenvalue weighted by Crippen LogP contribution is -2.07. The number of carbonyl (C=O) groups is 1. The highest BCUT2D eigenvalue weighted by Gasteiger charge is 2.12. The number of ketones is 1. The quantitative estimate of drug-likeness (QED) is 0.829. The zero-order chi connectivity index (χ0) is 13.1. The van der Waals surface area contributed by atoms with Crippen LogP contribution in [0.3, 0.4) is 0 Å². The van der Waals surface area contributed by atoms with Crippen molar-refractivity contribution in [2.75, 3.05) is 0 Å². The number of fused-ring (bicyclic) bond motifs is 1. The number of thiophene rings is 1. The smallest absolute Gasteiger partial charge is 0.139 e. The Kier molecular flexibility index (Phi) is 4.07. The second kappa shape index (κ2) is 5.57. The normalized spacial score (nSPS) is 11.3. The average Bonchev–Trinajstić information content (AvgIpc) is 2.72. The van der Waals surface area contributed by atoms with Crippen molar-refractivity contribution in [3.63, 3.8) is 0 Å². The molecule has 2 aromatic heterocycles. The van der Waals surface area contributed by atoms with Gasteiger partial charge in [-0.05, 0) is 18.4 Å². The summed E-state index contributed by atoms with van der Waals surface area (Å²) in [6, 6.07) is 2.12. The van der Waals surface area contributed by atoms with Crippen molar-refractivity contribution in [3.8, 4) is 0 Å². The standard InChI is InChI=1S/C14H18N2OS/c1-4-11-7-12-13(6-10(17)5-9(2)3)15-8-16-14(12)18-11/h7-9H,4-6H2,1-3H3. The molecule has 0 fully saturated rings. The van der Waals surface area contributed by atoms with Gasteiger partial charge < -0.3 is 0 Å². The van der Waals surface area contributed by atoms with Crippen LogP contribution in [0.1, 0.15) is 37.8 Å². The number of hydrogen-bond acceptors (Lipinski definition) is 4. The molecule has 0 unspecified atom stereocenters. The van der Waals surface area contributed by atoms with Crippen molar-refractivity contribution in [2.24, 2.45) is 5.92 Å². The summed E-state index contributed by atoms with van der Waals surface area (Å²) in [5.74, 6) is 0.665. The van der Waals surface area contributed by atoms with Crippen LogP contribution in [0, 0.1) is 5.92 Å². The van der Waals surface area contributed by atoms with E-state index in [4.69, 9.17) is 0 Å². The largest absolute Gasteiger partial charge is 0.299 e. The molecule has 0 radical (unpaired) electrons. The SMILES string of the molecule is CCc1cc2c(CC(=O)CC(C)C)ncnc2s1. The average molecular weight is 262 g/mol. The molecule has 0 amide bonds. The van der Waals surface area contributed by atoms with E-state index in [1.165, 1.54) is 4.88 Å². The molecule has 0 atom stereocenters. The molecule has 0 N–H and O–H groups in total. The van der Waals surface area contributed by atoms with Gasteiger partial charge in [0.1, 0.15) is 16.9 Å². The van der Waals surface area contributed by atoms with E-state index < -0.39 is 0 Å². The fourth-order valence-electron chi connectivity index (χ4n) is 1.98. The van der Waals surface area contributed by atoms with Crippen LogP contribution in [-0.4, -0.2) is 15.8 Å². The summed E-state index contributed by atoms with van der Waals surface area (Å²) in [6.07, 6.45) is 3.62. The minimum Gasteiger partial charge on any atom is -0.299 e. The molecule has 2 aromatic rings. The highest BCUT2D eigenvalue weighted by molar-refractivity contribution is 7.18. The van der Waals surface area contributed by atoms with E-state index in [1.54, 1.807) is 17.7 Å². The number of aryl methyl sites for hydroxylation is 1. The lowest BCUT2D eigenvalue weighted by atomic mass is 10.0. The van der Waals surface area contributed by atoms with Gasteiger partial charge in [-0.15, -0.1) is 11.3 Å².